The number of nitrogens with two attached hydrogens (primary N) is 1. The van der Waals surface area contributed by atoms with Gasteiger partial charge in [0.1, 0.15) is 0 Å². The molecule has 1 aromatic carbocycles. The van der Waals surface area contributed by atoms with Gasteiger partial charge in [0, 0.05) is 31.9 Å². The number of anilines is 1. The molecule has 1 aromatic rings. The summed E-state index contributed by atoms with van der Waals surface area (Å²) in [5.74, 6) is 0. The molecular weight excluding hydrogens is 354 g/mol. The Morgan fingerprint density at radius 2 is 1.77 bits per heavy atom. The second-order valence-electron chi connectivity index (χ2n) is 6.94. The zero-order valence-corrected chi connectivity index (χ0v) is 16.5. The van der Waals surface area contributed by atoms with E-state index in [1.165, 1.54) is 24.3 Å². The van der Waals surface area contributed by atoms with Crippen molar-refractivity contribution in [2.45, 2.75) is 23.8 Å². The number of benzene rings is 1. The first kappa shape index (κ1) is 20.6. The van der Waals surface area contributed by atoms with Gasteiger partial charge < -0.3 is 20.0 Å². The first-order valence-electron chi connectivity index (χ1n) is 8.70. The van der Waals surface area contributed by atoms with E-state index in [0.717, 1.165) is 32.5 Å². The number of nitrogens with zero attached hydrogens (tertiary/aromatic N) is 3. The summed E-state index contributed by atoms with van der Waals surface area (Å²) in [7, 11) is 2.27. The van der Waals surface area contributed by atoms with Crippen LogP contribution in [0.5, 0.6) is 0 Å². The smallest absolute Gasteiger partial charge is 0.321 e. The highest BCUT2D eigenvalue weighted by molar-refractivity contribution is 7.89. The number of carbonyl (C=O) groups is 1. The van der Waals surface area contributed by atoms with Gasteiger partial charge in [0.05, 0.1) is 4.90 Å². The van der Waals surface area contributed by atoms with Crippen LogP contribution >= 0.6 is 0 Å². The van der Waals surface area contributed by atoms with Gasteiger partial charge in [0.2, 0.25) is 10.0 Å². The Morgan fingerprint density at radius 1 is 1.19 bits per heavy atom. The van der Waals surface area contributed by atoms with Gasteiger partial charge in [-0.1, -0.05) is 0 Å². The molecule has 146 valence electrons. The van der Waals surface area contributed by atoms with Crippen LogP contribution in [0.15, 0.2) is 29.2 Å². The van der Waals surface area contributed by atoms with E-state index in [1.807, 2.05) is 0 Å². The van der Waals surface area contributed by atoms with Gasteiger partial charge in [-0.25, -0.2) is 18.4 Å². The van der Waals surface area contributed by atoms with Crippen molar-refractivity contribution in [2.24, 2.45) is 5.14 Å². The molecule has 0 unspecified atom stereocenters. The topological polar surface area (TPSA) is 99.0 Å². The number of piperidine rings is 1. The molecular formula is C17H29N5O3S. The fourth-order valence-electron chi connectivity index (χ4n) is 2.97. The summed E-state index contributed by atoms with van der Waals surface area (Å²) in [6.45, 7) is 3.65. The predicted octanol–water partition coefficient (Wildman–Crippen LogP) is 0.824. The van der Waals surface area contributed by atoms with E-state index < -0.39 is 10.0 Å². The number of likely N-dealkylation sites (tertiary alicyclic amines) is 1. The number of primary sulfonamides is 1. The fourth-order valence-corrected chi connectivity index (χ4v) is 3.49. The monoisotopic (exact) mass is 383 g/mol. The molecule has 0 aromatic heterocycles. The van der Waals surface area contributed by atoms with Gasteiger partial charge in [0.25, 0.3) is 0 Å². The third-order valence-corrected chi connectivity index (χ3v) is 5.81. The van der Waals surface area contributed by atoms with Crippen molar-refractivity contribution in [1.82, 2.24) is 14.7 Å². The summed E-state index contributed by atoms with van der Waals surface area (Å²) in [5, 5.41) is 7.82. The molecule has 1 fully saturated rings. The average molecular weight is 384 g/mol. The minimum Gasteiger partial charge on any atom is -0.326 e. The Morgan fingerprint density at radius 3 is 2.31 bits per heavy atom. The Balaban J connectivity index is 1.80. The molecule has 2 rings (SSSR count). The molecule has 9 heteroatoms. The zero-order valence-electron chi connectivity index (χ0n) is 15.7. The van der Waals surface area contributed by atoms with E-state index in [1.54, 1.807) is 11.9 Å². The molecule has 1 aliphatic heterocycles. The van der Waals surface area contributed by atoms with E-state index >= 15 is 0 Å². The Labute approximate surface area is 156 Å². The van der Waals surface area contributed by atoms with Gasteiger partial charge in [-0.3, -0.25) is 0 Å². The van der Waals surface area contributed by atoms with Crippen molar-refractivity contribution in [3.05, 3.63) is 24.3 Å². The second-order valence-corrected chi connectivity index (χ2v) is 8.50. The summed E-state index contributed by atoms with van der Waals surface area (Å²) < 4.78 is 22.5. The van der Waals surface area contributed by atoms with Crippen molar-refractivity contribution in [3.63, 3.8) is 0 Å². The Hall–Kier alpha value is -1.68. The lowest BCUT2D eigenvalue weighted by Crippen LogP contribution is -2.45. The lowest BCUT2D eigenvalue weighted by atomic mass is 10.0. The van der Waals surface area contributed by atoms with Crippen LogP contribution in [0.1, 0.15) is 12.8 Å². The summed E-state index contributed by atoms with van der Waals surface area (Å²) >= 11 is 0. The Bertz CT molecular complexity index is 700. The quantitative estimate of drug-likeness (QED) is 0.758. The highest BCUT2D eigenvalue weighted by Gasteiger charge is 2.21. The van der Waals surface area contributed by atoms with E-state index in [-0.39, 0.29) is 10.9 Å². The third kappa shape index (κ3) is 5.94. The summed E-state index contributed by atoms with van der Waals surface area (Å²) in [6, 6.07) is 6.13. The number of nitrogens with one attached hydrogen (secondary N) is 1. The van der Waals surface area contributed by atoms with Crippen LogP contribution in [-0.4, -0.2) is 82.5 Å². The van der Waals surface area contributed by atoms with Crippen LogP contribution < -0.4 is 10.5 Å². The minimum absolute atomic E-state index is 0.0172. The number of carbonyl (C=O) groups excluding carboxylic acids is 1. The van der Waals surface area contributed by atoms with Crippen LogP contribution in [0, 0.1) is 0 Å². The predicted molar refractivity (Wildman–Crippen MR) is 103 cm³/mol. The Kier molecular flexibility index (Phi) is 6.99. The largest absolute Gasteiger partial charge is 0.326 e. The molecule has 0 radical (unpaired) electrons. The van der Waals surface area contributed by atoms with Crippen LogP contribution in [0.3, 0.4) is 0 Å². The van der Waals surface area contributed by atoms with Crippen molar-refractivity contribution in [2.75, 3.05) is 52.6 Å². The molecule has 0 bridgehead atoms. The SMILES string of the molecule is CN1CCC(N(C)CCN(C)C(=O)Nc2ccc(S(N)(=O)=O)cc2)CC1. The number of hydrogen-bond donors (Lipinski definition) is 2. The van der Waals surface area contributed by atoms with E-state index in [9.17, 15) is 13.2 Å². The minimum atomic E-state index is -3.73. The van der Waals surface area contributed by atoms with Gasteiger partial charge in [-0.15, -0.1) is 0 Å². The number of rotatable bonds is 6. The molecule has 0 aliphatic carbocycles. The van der Waals surface area contributed by atoms with Crippen LogP contribution in [0.4, 0.5) is 10.5 Å². The third-order valence-electron chi connectivity index (χ3n) is 4.88. The van der Waals surface area contributed by atoms with Gasteiger partial charge in [-0.2, -0.15) is 0 Å². The summed E-state index contributed by atoms with van der Waals surface area (Å²) in [5.41, 5.74) is 0.526. The standard InChI is InChI=1S/C17H29N5O3S/c1-20-10-8-15(9-11-20)21(2)12-13-22(3)17(23)19-14-4-6-16(7-5-14)26(18,24)25/h4-7,15H,8-13H2,1-3H3,(H,19,23)(H2,18,24,25). The van der Waals surface area contributed by atoms with Gasteiger partial charge in [-0.05, 0) is 64.3 Å². The van der Waals surface area contributed by atoms with E-state index in [4.69, 9.17) is 5.14 Å². The van der Waals surface area contributed by atoms with Crippen molar-refractivity contribution < 1.29 is 13.2 Å². The highest BCUT2D eigenvalue weighted by Crippen LogP contribution is 2.15. The first-order chi connectivity index (χ1) is 12.2. The summed E-state index contributed by atoms with van der Waals surface area (Å²) in [4.78, 5) is 18.6. The maximum atomic E-state index is 12.3. The highest BCUT2D eigenvalue weighted by atomic mass is 32.2. The zero-order chi connectivity index (χ0) is 19.3. The van der Waals surface area contributed by atoms with E-state index in [0.29, 0.717) is 18.3 Å². The number of urea groups is 1. The molecule has 1 aliphatic rings. The van der Waals surface area contributed by atoms with Crippen molar-refractivity contribution in [1.29, 1.82) is 0 Å². The lowest BCUT2D eigenvalue weighted by molar-refractivity contribution is 0.136. The van der Waals surface area contributed by atoms with Crippen LogP contribution in [0.25, 0.3) is 0 Å². The van der Waals surface area contributed by atoms with Gasteiger partial charge in [0.15, 0.2) is 0 Å². The number of hydrogen-bond acceptors (Lipinski definition) is 5. The molecule has 2 amide bonds. The summed E-state index contributed by atoms with van der Waals surface area (Å²) in [6.07, 6.45) is 2.30. The normalized spacial score (nSPS) is 16.7. The van der Waals surface area contributed by atoms with Crippen LogP contribution in [-0.2, 0) is 10.0 Å². The number of sulfonamides is 1. The molecule has 0 saturated carbocycles. The molecule has 26 heavy (non-hydrogen) atoms. The van der Waals surface area contributed by atoms with Gasteiger partial charge >= 0.3 is 6.03 Å². The molecule has 1 saturated heterocycles. The number of likely N-dealkylation sites (N-methyl/N-ethyl adjacent to an activating group) is 2. The maximum Gasteiger partial charge on any atom is 0.321 e. The first-order valence-corrected chi connectivity index (χ1v) is 10.2. The van der Waals surface area contributed by atoms with Crippen molar-refractivity contribution >= 4 is 21.7 Å². The molecule has 0 spiro atoms. The molecule has 8 nitrogen and oxygen atoms in total. The maximum absolute atomic E-state index is 12.3. The number of amides is 2. The average Bonchev–Trinajstić information content (AvgIpc) is 2.59. The lowest BCUT2D eigenvalue weighted by Gasteiger charge is -2.35. The van der Waals surface area contributed by atoms with Crippen molar-refractivity contribution in [3.8, 4) is 0 Å². The molecule has 1 heterocycles. The van der Waals surface area contributed by atoms with Crippen LogP contribution in [0.2, 0.25) is 0 Å². The second kappa shape index (κ2) is 8.81. The van der Waals surface area contributed by atoms with E-state index in [2.05, 4.69) is 29.2 Å². The fraction of sp³-hybridized carbons (Fsp3) is 0.588. The molecule has 3 N–H and O–H groups in total. The molecule has 0 atom stereocenters.